The van der Waals surface area contributed by atoms with Crippen molar-refractivity contribution < 1.29 is 8.66 Å². The fourth-order valence-corrected chi connectivity index (χ4v) is 4.65. The van der Waals surface area contributed by atoms with Crippen molar-refractivity contribution in [2.24, 2.45) is 5.92 Å². The average molecular weight is 449 g/mol. The van der Waals surface area contributed by atoms with Gasteiger partial charge in [-0.25, -0.2) is 0 Å². The molecule has 0 bridgehead atoms. The van der Waals surface area contributed by atoms with Gasteiger partial charge in [0.05, 0.1) is 0 Å². The maximum absolute atomic E-state index is 6.05. The smallest absolute Gasteiger partial charge is 0.217 e. The lowest BCUT2D eigenvalue weighted by Gasteiger charge is -2.25. The Morgan fingerprint density at radius 1 is 1.00 bits per heavy atom. The molecule has 0 saturated carbocycles. The molecule has 34 heavy (non-hydrogen) atoms. The number of hydrogen-bond acceptors (Lipinski definition) is 1. The first kappa shape index (κ1) is 22.2. The Labute approximate surface area is 201 Å². The number of pyridine rings is 1. The topological polar surface area (TPSA) is 33.1 Å². The van der Waals surface area contributed by atoms with E-state index in [-0.39, 0.29) is 5.41 Å². The molecule has 4 aromatic rings. The first-order valence-electron chi connectivity index (χ1n) is 12.0. The Kier molecular flexibility index (Phi) is 5.44. The van der Waals surface area contributed by atoms with Crippen LogP contribution in [-0.2, 0) is 11.8 Å². The maximum Gasteiger partial charge on any atom is 0.217 e. The van der Waals surface area contributed by atoms with Crippen LogP contribution >= 0.6 is 0 Å². The average Bonchev–Trinajstić information content (AvgIpc) is 3.18. The quantitative estimate of drug-likeness (QED) is 0.301. The molecule has 0 saturated heterocycles. The van der Waals surface area contributed by atoms with Gasteiger partial charge in [0.15, 0.2) is 6.20 Å². The summed E-state index contributed by atoms with van der Waals surface area (Å²) >= 11 is 0. The van der Waals surface area contributed by atoms with Gasteiger partial charge in [0.2, 0.25) is 5.69 Å². The second-order valence-electron chi connectivity index (χ2n) is 10.7. The van der Waals surface area contributed by atoms with Crippen molar-refractivity contribution >= 4 is 28.4 Å². The van der Waals surface area contributed by atoms with Crippen LogP contribution in [0.2, 0.25) is 0 Å². The van der Waals surface area contributed by atoms with Crippen LogP contribution in [0.5, 0.6) is 0 Å². The van der Waals surface area contributed by atoms with Crippen LogP contribution in [0.25, 0.3) is 39.1 Å². The summed E-state index contributed by atoms with van der Waals surface area (Å²) in [7, 11) is 0. The van der Waals surface area contributed by atoms with Gasteiger partial charge in [-0.3, -0.25) is 0 Å². The lowest BCUT2D eigenvalue weighted by molar-refractivity contribution is -0.486. The van der Waals surface area contributed by atoms with Crippen molar-refractivity contribution in [2.45, 2.75) is 46.5 Å². The van der Waals surface area contributed by atoms with E-state index >= 15 is 0 Å². The number of furan rings is 1. The van der Waals surface area contributed by atoms with Crippen molar-refractivity contribution in [3.05, 3.63) is 101 Å². The molecule has 172 valence electrons. The van der Waals surface area contributed by atoms with Crippen molar-refractivity contribution in [1.29, 1.82) is 0 Å². The summed E-state index contributed by atoms with van der Waals surface area (Å²) in [6.45, 7) is 15.5. The zero-order valence-electron chi connectivity index (χ0n) is 20.7. The highest BCUT2D eigenvalue weighted by Gasteiger charge is 2.20. The molecule has 2 aromatic heterocycles. The maximum atomic E-state index is 6.05. The lowest BCUT2D eigenvalue weighted by atomic mass is 9.82. The van der Waals surface area contributed by atoms with Crippen LogP contribution in [0.4, 0.5) is 5.88 Å². The highest BCUT2D eigenvalue weighted by Crippen LogP contribution is 2.38. The van der Waals surface area contributed by atoms with E-state index < -0.39 is 0 Å². The molecule has 5 rings (SSSR count). The molecule has 0 spiro atoms. The number of nitrogens with zero attached hydrogens (tertiary/aromatic N) is 2. The summed E-state index contributed by atoms with van der Waals surface area (Å²) in [4.78, 5) is 0. The monoisotopic (exact) mass is 448 g/mol. The molecule has 1 aliphatic heterocycles. The van der Waals surface area contributed by atoms with E-state index in [1.807, 2.05) is 10.4 Å². The predicted octanol–water partition coefficient (Wildman–Crippen LogP) is 7.36. The molecule has 0 aliphatic carbocycles. The standard InChI is InChI=1S/C31H32N2O/c1-20(2)15-25-17-23-11-12-28(32-30(23)34-25)22-13-14-33(6)29(19-22)24-16-21-9-7-8-10-26(21)27(18-24)31(3,4)5/h7-14,16-20H,6,15H2,1-5H3. The highest BCUT2D eigenvalue weighted by molar-refractivity contribution is 5.91. The molecule has 0 radical (unpaired) electrons. The van der Waals surface area contributed by atoms with Crippen LogP contribution in [0.1, 0.15) is 51.5 Å². The Bertz CT molecular complexity index is 1530. The fourth-order valence-electron chi connectivity index (χ4n) is 4.65. The van der Waals surface area contributed by atoms with Gasteiger partial charge in [-0.05, 0) is 56.6 Å². The molecule has 0 N–H and O–H groups in total. The zero-order chi connectivity index (χ0) is 24.0. The minimum absolute atomic E-state index is 0.0266. The van der Waals surface area contributed by atoms with Crippen molar-refractivity contribution in [3.8, 4) is 11.3 Å². The van der Waals surface area contributed by atoms with Gasteiger partial charge in [0.1, 0.15) is 12.5 Å². The van der Waals surface area contributed by atoms with E-state index in [9.17, 15) is 0 Å². The molecule has 0 fully saturated rings. The summed E-state index contributed by atoms with van der Waals surface area (Å²) in [5.41, 5.74) is 5.51. The summed E-state index contributed by atoms with van der Waals surface area (Å²) in [6, 6.07) is 19.5. The van der Waals surface area contributed by atoms with Gasteiger partial charge in [-0.2, -0.15) is 4.24 Å². The molecule has 2 aromatic carbocycles. The van der Waals surface area contributed by atoms with Gasteiger partial charge in [-0.1, -0.05) is 71.0 Å². The number of aromatic nitrogens is 1. The fraction of sp³-hybridized carbons (Fsp3) is 0.258. The predicted molar refractivity (Wildman–Crippen MR) is 141 cm³/mol. The van der Waals surface area contributed by atoms with Gasteiger partial charge in [0.25, 0.3) is 0 Å². The van der Waals surface area contributed by atoms with Gasteiger partial charge in [-0.15, -0.1) is 5.70 Å². The molecule has 0 unspecified atom stereocenters. The van der Waals surface area contributed by atoms with Crippen LogP contribution in [0, 0.1) is 12.6 Å². The first-order chi connectivity index (χ1) is 16.2. The van der Waals surface area contributed by atoms with Gasteiger partial charge >= 0.3 is 0 Å². The normalized spacial score (nSPS) is 15.0. The number of benzene rings is 2. The molecule has 0 amide bonds. The summed E-state index contributed by atoms with van der Waals surface area (Å²) < 4.78 is 7.99. The van der Waals surface area contributed by atoms with Crippen LogP contribution in [0.3, 0.4) is 0 Å². The SMILES string of the molecule is C=[n+]1ccc(=C2C=Cc3cc(CC(C)C)oc3[N-]2)cc1-c1cc(C(C)(C)C)c2ccccc2c1. The van der Waals surface area contributed by atoms with Crippen molar-refractivity contribution in [1.82, 2.24) is 0 Å². The van der Waals surface area contributed by atoms with E-state index in [4.69, 9.17) is 9.73 Å². The zero-order valence-corrected chi connectivity index (χ0v) is 20.7. The molecule has 1 aliphatic rings. The Hall–Kier alpha value is -3.59. The minimum Gasteiger partial charge on any atom is -0.626 e. The second kappa shape index (κ2) is 8.32. The summed E-state index contributed by atoms with van der Waals surface area (Å²) in [6.07, 6.45) is 7.10. The summed E-state index contributed by atoms with van der Waals surface area (Å²) in [5, 5.41) is 8.43. The first-order valence-corrected chi connectivity index (χ1v) is 12.0. The third-order valence-electron chi connectivity index (χ3n) is 6.34. The largest absolute Gasteiger partial charge is 0.626 e. The molecule has 3 nitrogen and oxygen atoms in total. The minimum atomic E-state index is 0.0266. The lowest BCUT2D eigenvalue weighted by Crippen LogP contribution is -2.22. The third-order valence-corrected chi connectivity index (χ3v) is 6.34. The van der Waals surface area contributed by atoms with E-state index in [0.717, 1.165) is 39.9 Å². The Morgan fingerprint density at radius 2 is 1.79 bits per heavy atom. The Morgan fingerprint density at radius 3 is 2.56 bits per heavy atom. The van der Waals surface area contributed by atoms with E-state index in [1.54, 1.807) is 0 Å². The van der Waals surface area contributed by atoms with Crippen LogP contribution in [0.15, 0.2) is 71.3 Å². The van der Waals surface area contributed by atoms with Gasteiger partial charge < -0.3 is 9.73 Å². The van der Waals surface area contributed by atoms with E-state index in [1.165, 1.54) is 16.3 Å². The molecular weight excluding hydrogens is 416 g/mol. The third kappa shape index (κ3) is 4.19. The number of hydrogen-bond donors (Lipinski definition) is 0. The molecule has 3 heterocycles. The van der Waals surface area contributed by atoms with Crippen molar-refractivity contribution in [2.75, 3.05) is 0 Å². The van der Waals surface area contributed by atoms with E-state index in [0.29, 0.717) is 11.8 Å². The second-order valence-corrected chi connectivity index (χ2v) is 10.7. The van der Waals surface area contributed by atoms with Crippen LogP contribution in [-0.4, -0.2) is 0 Å². The summed E-state index contributed by atoms with van der Waals surface area (Å²) in [5.74, 6) is 2.23. The number of rotatable bonds is 3. The Balaban J connectivity index is 1.62. The molecule has 3 heteroatoms. The highest BCUT2D eigenvalue weighted by atomic mass is 16.4. The van der Waals surface area contributed by atoms with Gasteiger partial charge in [0, 0.05) is 30.0 Å². The van der Waals surface area contributed by atoms with Crippen LogP contribution < -0.4 is 9.46 Å². The molecule has 0 atom stereocenters. The number of fused-ring (bicyclic) bond motifs is 2. The van der Waals surface area contributed by atoms with E-state index in [2.05, 4.69) is 108 Å². The van der Waals surface area contributed by atoms with Crippen molar-refractivity contribution in [3.63, 3.8) is 0 Å². The molecular formula is C31H32N2O.